The average Bonchev–Trinajstić information content (AvgIpc) is 3.03. The van der Waals surface area contributed by atoms with Gasteiger partial charge in [0.1, 0.15) is 0 Å². The molecule has 0 atom stereocenters. The van der Waals surface area contributed by atoms with Gasteiger partial charge in [0.05, 0.1) is 0 Å². The number of nitrogens with two attached hydrogens (primary N) is 1. The van der Waals surface area contributed by atoms with E-state index < -0.39 is 0 Å². The lowest BCUT2D eigenvalue weighted by Crippen LogP contribution is -2.38. The van der Waals surface area contributed by atoms with Crippen LogP contribution < -0.4 is 5.73 Å². The number of rotatable bonds is 3. The number of aromatic nitrogens is 2. The molecule has 1 aliphatic rings. The highest BCUT2D eigenvalue weighted by molar-refractivity contribution is 9.10. The summed E-state index contributed by atoms with van der Waals surface area (Å²) in [5, 5.41) is 4.07. The molecule has 0 radical (unpaired) electrons. The maximum Gasteiger partial charge on any atom is 0.228 e. The zero-order valence-corrected chi connectivity index (χ0v) is 13.1. The standard InChI is InChI=1S/C15H18BrN3O/c1-10-4-5-11(8-12(10)16)14-18-13(20-19-14)9-15(17)6-2-3-7-15/h4-5,8H,2-3,6-7,9,17H2,1H3. The molecule has 2 aromatic rings. The lowest BCUT2D eigenvalue weighted by atomic mass is 9.95. The molecule has 0 spiro atoms. The maximum absolute atomic E-state index is 6.35. The zero-order valence-electron chi connectivity index (χ0n) is 11.5. The van der Waals surface area contributed by atoms with Gasteiger partial charge in [-0.2, -0.15) is 4.98 Å². The third-order valence-electron chi connectivity index (χ3n) is 4.00. The highest BCUT2D eigenvalue weighted by Gasteiger charge is 2.31. The summed E-state index contributed by atoms with van der Waals surface area (Å²) in [6, 6.07) is 6.05. The Morgan fingerprint density at radius 2 is 2.10 bits per heavy atom. The van der Waals surface area contributed by atoms with E-state index >= 15 is 0 Å². The summed E-state index contributed by atoms with van der Waals surface area (Å²) >= 11 is 3.52. The van der Waals surface area contributed by atoms with Gasteiger partial charge in [-0.25, -0.2) is 0 Å². The molecule has 0 bridgehead atoms. The molecular weight excluding hydrogens is 318 g/mol. The molecule has 5 heteroatoms. The van der Waals surface area contributed by atoms with Crippen LogP contribution in [-0.4, -0.2) is 15.7 Å². The fraction of sp³-hybridized carbons (Fsp3) is 0.467. The second kappa shape index (κ2) is 5.30. The molecular formula is C15H18BrN3O. The van der Waals surface area contributed by atoms with Gasteiger partial charge in [0.15, 0.2) is 0 Å². The van der Waals surface area contributed by atoms with Gasteiger partial charge in [-0.3, -0.25) is 0 Å². The van der Waals surface area contributed by atoms with Crippen LogP contribution >= 0.6 is 15.9 Å². The third-order valence-corrected chi connectivity index (χ3v) is 4.86. The van der Waals surface area contributed by atoms with Crippen molar-refractivity contribution in [2.24, 2.45) is 5.73 Å². The Morgan fingerprint density at radius 1 is 1.35 bits per heavy atom. The van der Waals surface area contributed by atoms with Crippen LogP contribution in [0.4, 0.5) is 0 Å². The number of nitrogens with zero attached hydrogens (tertiary/aromatic N) is 2. The van der Waals surface area contributed by atoms with Crippen molar-refractivity contribution in [1.82, 2.24) is 10.1 Å². The highest BCUT2D eigenvalue weighted by atomic mass is 79.9. The summed E-state index contributed by atoms with van der Waals surface area (Å²) in [7, 11) is 0. The van der Waals surface area contributed by atoms with Crippen LogP contribution in [0.15, 0.2) is 27.2 Å². The predicted octanol–water partition coefficient (Wildman–Crippen LogP) is 3.62. The molecule has 20 heavy (non-hydrogen) atoms. The Kier molecular flexibility index (Phi) is 3.65. The van der Waals surface area contributed by atoms with Crippen molar-refractivity contribution < 1.29 is 4.52 Å². The van der Waals surface area contributed by atoms with E-state index in [1.807, 2.05) is 25.1 Å². The van der Waals surface area contributed by atoms with Crippen molar-refractivity contribution in [2.75, 3.05) is 0 Å². The van der Waals surface area contributed by atoms with E-state index in [0.29, 0.717) is 18.1 Å². The SMILES string of the molecule is Cc1ccc(-c2noc(CC3(N)CCCC3)n2)cc1Br. The van der Waals surface area contributed by atoms with Crippen molar-refractivity contribution >= 4 is 15.9 Å². The van der Waals surface area contributed by atoms with Crippen molar-refractivity contribution in [3.63, 3.8) is 0 Å². The monoisotopic (exact) mass is 335 g/mol. The smallest absolute Gasteiger partial charge is 0.228 e. The molecule has 1 aromatic carbocycles. The van der Waals surface area contributed by atoms with Gasteiger partial charge in [-0.1, -0.05) is 46.1 Å². The summed E-state index contributed by atoms with van der Waals surface area (Å²) in [5.74, 6) is 1.27. The first kappa shape index (κ1) is 13.8. The van der Waals surface area contributed by atoms with E-state index in [2.05, 4.69) is 26.1 Å². The fourth-order valence-corrected chi connectivity index (χ4v) is 3.11. The number of halogens is 1. The molecule has 4 nitrogen and oxygen atoms in total. The number of hydrogen-bond acceptors (Lipinski definition) is 4. The molecule has 2 N–H and O–H groups in total. The van der Waals surface area contributed by atoms with E-state index in [0.717, 1.165) is 22.9 Å². The van der Waals surface area contributed by atoms with Crippen LogP contribution in [0.5, 0.6) is 0 Å². The van der Waals surface area contributed by atoms with Crippen molar-refractivity contribution in [3.8, 4) is 11.4 Å². The topological polar surface area (TPSA) is 64.9 Å². The van der Waals surface area contributed by atoms with Gasteiger partial charge < -0.3 is 10.3 Å². The van der Waals surface area contributed by atoms with Gasteiger partial charge in [0, 0.05) is 22.0 Å². The van der Waals surface area contributed by atoms with Crippen LogP contribution in [0.1, 0.15) is 37.1 Å². The summed E-state index contributed by atoms with van der Waals surface area (Å²) in [6.45, 7) is 2.05. The molecule has 0 unspecified atom stereocenters. The molecule has 1 saturated carbocycles. The van der Waals surface area contributed by atoms with Gasteiger partial charge in [0.2, 0.25) is 11.7 Å². The molecule has 0 amide bonds. The van der Waals surface area contributed by atoms with Crippen LogP contribution in [0.3, 0.4) is 0 Å². The number of hydrogen-bond donors (Lipinski definition) is 1. The van der Waals surface area contributed by atoms with Gasteiger partial charge in [-0.15, -0.1) is 0 Å². The first-order valence-corrected chi connectivity index (χ1v) is 7.73. The van der Waals surface area contributed by atoms with Crippen molar-refractivity contribution in [3.05, 3.63) is 34.1 Å². The van der Waals surface area contributed by atoms with E-state index in [-0.39, 0.29) is 5.54 Å². The molecule has 1 aliphatic carbocycles. The van der Waals surface area contributed by atoms with Crippen LogP contribution in [0, 0.1) is 6.92 Å². The second-order valence-corrected chi connectivity index (χ2v) is 6.58. The van der Waals surface area contributed by atoms with Crippen molar-refractivity contribution in [2.45, 2.75) is 44.6 Å². The highest BCUT2D eigenvalue weighted by Crippen LogP contribution is 2.30. The minimum Gasteiger partial charge on any atom is -0.339 e. The quantitative estimate of drug-likeness (QED) is 0.930. The van der Waals surface area contributed by atoms with Crippen LogP contribution in [0.25, 0.3) is 11.4 Å². The van der Waals surface area contributed by atoms with E-state index in [1.165, 1.54) is 18.4 Å². The Bertz CT molecular complexity index is 617. The molecule has 1 heterocycles. The van der Waals surface area contributed by atoms with E-state index in [4.69, 9.17) is 10.3 Å². The fourth-order valence-electron chi connectivity index (χ4n) is 2.73. The van der Waals surface area contributed by atoms with Crippen molar-refractivity contribution in [1.29, 1.82) is 0 Å². The third kappa shape index (κ3) is 2.79. The largest absolute Gasteiger partial charge is 0.339 e. The molecule has 106 valence electrons. The second-order valence-electron chi connectivity index (χ2n) is 5.72. The molecule has 1 aromatic heterocycles. The molecule has 1 fully saturated rings. The minimum absolute atomic E-state index is 0.155. The van der Waals surface area contributed by atoms with Gasteiger partial charge >= 0.3 is 0 Å². The van der Waals surface area contributed by atoms with Gasteiger partial charge in [0.25, 0.3) is 0 Å². The summed E-state index contributed by atoms with van der Waals surface area (Å²) in [4.78, 5) is 4.48. The Morgan fingerprint density at radius 3 is 2.80 bits per heavy atom. The van der Waals surface area contributed by atoms with E-state index in [1.54, 1.807) is 0 Å². The predicted molar refractivity (Wildman–Crippen MR) is 81.3 cm³/mol. The maximum atomic E-state index is 6.35. The van der Waals surface area contributed by atoms with Gasteiger partial charge in [-0.05, 0) is 31.4 Å². The molecule has 0 aliphatic heterocycles. The summed E-state index contributed by atoms with van der Waals surface area (Å²) < 4.78 is 6.41. The van der Waals surface area contributed by atoms with E-state index in [9.17, 15) is 0 Å². The zero-order chi connectivity index (χ0) is 14.2. The Balaban J connectivity index is 1.81. The first-order valence-electron chi connectivity index (χ1n) is 6.94. The Labute approximate surface area is 126 Å². The summed E-state index contributed by atoms with van der Waals surface area (Å²) in [6.07, 6.45) is 5.15. The number of aryl methyl sites for hydroxylation is 1. The average molecular weight is 336 g/mol. The van der Waals surface area contributed by atoms with Crippen LogP contribution in [0.2, 0.25) is 0 Å². The summed E-state index contributed by atoms with van der Waals surface area (Å²) in [5.41, 5.74) is 8.33. The lowest BCUT2D eigenvalue weighted by molar-refractivity contribution is 0.329. The normalized spacial score (nSPS) is 17.6. The Hall–Kier alpha value is -1.20. The van der Waals surface area contributed by atoms with Crippen LogP contribution in [-0.2, 0) is 6.42 Å². The molecule has 0 saturated heterocycles. The molecule has 3 rings (SSSR count). The first-order chi connectivity index (χ1) is 9.56. The minimum atomic E-state index is -0.155. The lowest BCUT2D eigenvalue weighted by Gasteiger charge is -2.20. The number of benzene rings is 1.